The van der Waals surface area contributed by atoms with Gasteiger partial charge >= 0.3 is 5.97 Å². The molecule has 1 aromatic heterocycles. The number of amides is 1. The van der Waals surface area contributed by atoms with Crippen molar-refractivity contribution in [3.05, 3.63) is 70.4 Å². The number of likely N-dealkylation sites (tertiary alicyclic amines) is 1. The fourth-order valence-corrected chi connectivity index (χ4v) is 3.32. The highest BCUT2D eigenvalue weighted by molar-refractivity contribution is 6.18. The van der Waals surface area contributed by atoms with Gasteiger partial charge in [0.05, 0.1) is 12.5 Å². The number of ether oxygens (including phenoxy) is 1. The normalized spacial score (nSPS) is 15.2. The van der Waals surface area contributed by atoms with Crippen LogP contribution < -0.4 is 5.56 Å². The molecular weight excluding hydrogens is 375 g/mol. The first-order chi connectivity index (χ1) is 14.0. The van der Waals surface area contributed by atoms with Crippen molar-refractivity contribution < 1.29 is 18.7 Å². The maximum Gasteiger partial charge on any atom is 0.309 e. The molecule has 1 aliphatic heterocycles. The van der Waals surface area contributed by atoms with Crippen molar-refractivity contribution in [3.63, 3.8) is 0 Å². The Hall–Kier alpha value is -3.22. The second-order valence-corrected chi connectivity index (χ2v) is 6.81. The highest BCUT2D eigenvalue weighted by atomic mass is 19.1. The number of rotatable bonds is 5. The zero-order chi connectivity index (χ0) is 20.8. The SMILES string of the molecule is CCOC(=O)C1CCN(C(=O)/C(=C\c2ccc(F)cc2)n2ccccc2=O)CC1. The van der Waals surface area contributed by atoms with Gasteiger partial charge in [0.1, 0.15) is 11.5 Å². The van der Waals surface area contributed by atoms with E-state index in [0.29, 0.717) is 38.1 Å². The van der Waals surface area contributed by atoms with Crippen molar-refractivity contribution in [1.82, 2.24) is 9.47 Å². The Morgan fingerprint density at radius 2 is 1.83 bits per heavy atom. The van der Waals surface area contributed by atoms with Gasteiger partial charge in [-0.3, -0.25) is 19.0 Å². The summed E-state index contributed by atoms with van der Waals surface area (Å²) in [5.41, 5.74) is 0.444. The lowest BCUT2D eigenvalue weighted by Gasteiger charge is -2.31. The van der Waals surface area contributed by atoms with E-state index in [9.17, 15) is 18.8 Å². The fraction of sp³-hybridized carbons (Fsp3) is 0.318. The molecule has 2 heterocycles. The Morgan fingerprint density at radius 1 is 1.14 bits per heavy atom. The van der Waals surface area contributed by atoms with Gasteiger partial charge in [-0.05, 0) is 49.6 Å². The quantitative estimate of drug-likeness (QED) is 0.574. The second kappa shape index (κ2) is 9.32. The van der Waals surface area contributed by atoms with Crippen LogP contribution in [0.3, 0.4) is 0 Å². The third-order valence-corrected chi connectivity index (χ3v) is 4.88. The Bertz CT molecular complexity index is 957. The van der Waals surface area contributed by atoms with E-state index < -0.39 is 0 Å². The van der Waals surface area contributed by atoms with Crippen molar-refractivity contribution in [2.75, 3.05) is 19.7 Å². The molecule has 0 unspecified atom stereocenters. The molecule has 6 nitrogen and oxygen atoms in total. The number of benzene rings is 1. The summed E-state index contributed by atoms with van der Waals surface area (Å²) >= 11 is 0. The van der Waals surface area contributed by atoms with E-state index in [4.69, 9.17) is 4.74 Å². The Morgan fingerprint density at radius 3 is 2.45 bits per heavy atom. The topological polar surface area (TPSA) is 68.6 Å². The van der Waals surface area contributed by atoms with Gasteiger partial charge in [0.15, 0.2) is 0 Å². The van der Waals surface area contributed by atoms with Gasteiger partial charge < -0.3 is 9.64 Å². The summed E-state index contributed by atoms with van der Waals surface area (Å²) in [6, 6.07) is 10.3. The van der Waals surface area contributed by atoms with Crippen molar-refractivity contribution in [2.45, 2.75) is 19.8 Å². The molecule has 3 rings (SSSR count). The van der Waals surface area contributed by atoms with E-state index in [-0.39, 0.29) is 34.9 Å². The molecule has 0 radical (unpaired) electrons. The van der Waals surface area contributed by atoms with Gasteiger partial charge in [0.25, 0.3) is 11.5 Å². The predicted octanol–water partition coefficient (Wildman–Crippen LogP) is 2.79. The van der Waals surface area contributed by atoms with E-state index in [1.807, 2.05) is 0 Å². The molecule has 1 fully saturated rings. The van der Waals surface area contributed by atoms with Crippen LogP contribution in [0.5, 0.6) is 0 Å². The zero-order valence-electron chi connectivity index (χ0n) is 16.2. The average molecular weight is 398 g/mol. The molecule has 0 spiro atoms. The third kappa shape index (κ3) is 4.99. The van der Waals surface area contributed by atoms with Gasteiger partial charge in [0.2, 0.25) is 0 Å². The van der Waals surface area contributed by atoms with Gasteiger partial charge in [0, 0.05) is 25.4 Å². The highest BCUT2D eigenvalue weighted by Gasteiger charge is 2.30. The molecule has 1 aromatic carbocycles. The molecule has 1 saturated heterocycles. The number of hydrogen-bond donors (Lipinski definition) is 0. The molecule has 152 valence electrons. The molecule has 0 saturated carbocycles. The lowest BCUT2D eigenvalue weighted by molar-refractivity contribution is -0.150. The summed E-state index contributed by atoms with van der Waals surface area (Å²) < 4.78 is 19.6. The number of carbonyl (C=O) groups is 2. The van der Waals surface area contributed by atoms with Crippen LogP contribution in [0.15, 0.2) is 53.5 Å². The molecule has 0 aliphatic carbocycles. The minimum atomic E-state index is -0.382. The monoisotopic (exact) mass is 398 g/mol. The van der Waals surface area contributed by atoms with Crippen molar-refractivity contribution in [1.29, 1.82) is 0 Å². The maximum atomic E-state index is 13.2. The van der Waals surface area contributed by atoms with Crippen molar-refractivity contribution in [2.24, 2.45) is 5.92 Å². The minimum Gasteiger partial charge on any atom is -0.466 e. The third-order valence-electron chi connectivity index (χ3n) is 4.88. The lowest BCUT2D eigenvalue weighted by Crippen LogP contribution is -2.42. The molecule has 29 heavy (non-hydrogen) atoms. The second-order valence-electron chi connectivity index (χ2n) is 6.81. The first-order valence-electron chi connectivity index (χ1n) is 9.61. The molecule has 1 amide bonds. The number of nitrogens with zero attached hydrogens (tertiary/aromatic N) is 2. The molecule has 7 heteroatoms. The van der Waals surface area contributed by atoms with Crippen molar-refractivity contribution >= 4 is 23.6 Å². The van der Waals surface area contributed by atoms with Crippen LogP contribution in [0, 0.1) is 11.7 Å². The van der Waals surface area contributed by atoms with Gasteiger partial charge in [-0.2, -0.15) is 0 Å². The summed E-state index contributed by atoms with van der Waals surface area (Å²) in [6.07, 6.45) is 4.12. The molecule has 0 N–H and O–H groups in total. The molecule has 0 atom stereocenters. The smallest absolute Gasteiger partial charge is 0.309 e. The lowest BCUT2D eigenvalue weighted by atomic mass is 9.96. The number of carbonyl (C=O) groups excluding carboxylic acids is 2. The van der Waals surface area contributed by atoms with Crippen LogP contribution in [-0.2, 0) is 14.3 Å². The number of aromatic nitrogens is 1. The van der Waals surface area contributed by atoms with Gasteiger partial charge in [-0.25, -0.2) is 4.39 Å². The number of pyridine rings is 1. The van der Waals surface area contributed by atoms with Crippen LogP contribution >= 0.6 is 0 Å². The van der Waals surface area contributed by atoms with Crippen LogP contribution in [0.2, 0.25) is 0 Å². The molecule has 2 aromatic rings. The summed E-state index contributed by atoms with van der Waals surface area (Å²) in [5, 5.41) is 0. The number of hydrogen-bond acceptors (Lipinski definition) is 4. The largest absolute Gasteiger partial charge is 0.466 e. The van der Waals surface area contributed by atoms with Gasteiger partial charge in [-0.15, -0.1) is 0 Å². The van der Waals surface area contributed by atoms with Crippen LogP contribution in [-0.4, -0.2) is 41.0 Å². The molecular formula is C22H23FN2O4. The van der Waals surface area contributed by atoms with E-state index in [1.165, 1.54) is 29.0 Å². The van der Waals surface area contributed by atoms with E-state index >= 15 is 0 Å². The first-order valence-corrected chi connectivity index (χ1v) is 9.61. The van der Waals surface area contributed by atoms with Crippen LogP contribution in [0.4, 0.5) is 4.39 Å². The number of piperidine rings is 1. The first kappa shape index (κ1) is 20.5. The summed E-state index contributed by atoms with van der Waals surface area (Å²) in [5.74, 6) is -1.15. The Labute approximate surface area is 168 Å². The summed E-state index contributed by atoms with van der Waals surface area (Å²) in [6.45, 7) is 2.88. The molecule has 1 aliphatic rings. The minimum absolute atomic E-state index is 0.178. The Kier molecular flexibility index (Phi) is 6.59. The summed E-state index contributed by atoms with van der Waals surface area (Å²) in [4.78, 5) is 39.1. The van der Waals surface area contributed by atoms with Crippen molar-refractivity contribution in [3.8, 4) is 0 Å². The van der Waals surface area contributed by atoms with Crippen LogP contribution in [0.25, 0.3) is 11.8 Å². The maximum absolute atomic E-state index is 13.2. The zero-order valence-corrected chi connectivity index (χ0v) is 16.2. The van der Waals surface area contributed by atoms with E-state index in [0.717, 1.165) is 0 Å². The Balaban J connectivity index is 1.86. The number of esters is 1. The number of halogens is 1. The average Bonchev–Trinajstić information content (AvgIpc) is 2.74. The van der Waals surface area contributed by atoms with Gasteiger partial charge in [-0.1, -0.05) is 18.2 Å². The highest BCUT2D eigenvalue weighted by Crippen LogP contribution is 2.22. The fourth-order valence-electron chi connectivity index (χ4n) is 3.32. The molecule has 0 bridgehead atoms. The van der Waals surface area contributed by atoms with Crippen LogP contribution in [0.1, 0.15) is 25.3 Å². The summed E-state index contributed by atoms with van der Waals surface area (Å²) in [7, 11) is 0. The standard InChI is InChI=1S/C22H23FN2O4/c1-2-29-22(28)17-10-13-24(14-11-17)21(27)19(25-12-4-3-5-20(25)26)15-16-6-8-18(23)9-7-16/h3-9,12,15,17H,2,10-11,13-14H2,1H3/b19-15+. The van der Waals surface area contributed by atoms with E-state index in [2.05, 4.69) is 0 Å². The van der Waals surface area contributed by atoms with E-state index in [1.54, 1.807) is 42.2 Å². The predicted molar refractivity (Wildman–Crippen MR) is 107 cm³/mol.